The number of primary amides is 1. The molecule has 1 amide bonds. The monoisotopic (exact) mass is 235 g/mol. The van der Waals surface area contributed by atoms with Gasteiger partial charge in [0.05, 0.1) is 11.1 Å². The highest BCUT2D eigenvalue weighted by atomic mass is 16.4. The van der Waals surface area contributed by atoms with Crippen molar-refractivity contribution in [3.63, 3.8) is 0 Å². The summed E-state index contributed by atoms with van der Waals surface area (Å²) < 4.78 is 0. The van der Waals surface area contributed by atoms with Gasteiger partial charge < -0.3 is 10.8 Å². The number of hydrogen-bond acceptors (Lipinski definition) is 2. The Balaban J connectivity index is 2.94. The van der Waals surface area contributed by atoms with Crippen LogP contribution < -0.4 is 5.73 Å². The Labute approximate surface area is 100 Å². The van der Waals surface area contributed by atoms with Gasteiger partial charge in [0.25, 0.3) is 0 Å². The van der Waals surface area contributed by atoms with Crippen LogP contribution in [0.2, 0.25) is 0 Å². The molecule has 0 radical (unpaired) electrons. The van der Waals surface area contributed by atoms with Gasteiger partial charge in [0.2, 0.25) is 5.91 Å². The molecule has 0 saturated heterocycles. The zero-order valence-electron chi connectivity index (χ0n) is 9.90. The largest absolute Gasteiger partial charge is 0.478 e. The number of carboxylic acid groups (broad SMARTS) is 1. The van der Waals surface area contributed by atoms with Gasteiger partial charge in [-0.2, -0.15) is 0 Å². The van der Waals surface area contributed by atoms with Crippen molar-refractivity contribution in [2.45, 2.75) is 32.6 Å². The predicted octanol–water partition coefficient (Wildman–Crippen LogP) is 2.22. The standard InChI is InChI=1S/C13H17NO3/c1-2-3-4-5-9-6-7-10(12(14)15)11(8-9)13(16)17/h6-8H,2-5H2,1H3,(H2,14,15)(H,16,17). The van der Waals surface area contributed by atoms with E-state index < -0.39 is 11.9 Å². The third-order valence-electron chi connectivity index (χ3n) is 2.65. The van der Waals surface area contributed by atoms with Gasteiger partial charge in [-0.3, -0.25) is 4.79 Å². The number of carbonyl (C=O) groups excluding carboxylic acids is 1. The van der Waals surface area contributed by atoms with Crippen LogP contribution in [0.5, 0.6) is 0 Å². The minimum atomic E-state index is -1.11. The van der Waals surface area contributed by atoms with Crippen molar-refractivity contribution in [3.8, 4) is 0 Å². The molecule has 0 heterocycles. The normalized spacial score (nSPS) is 10.2. The zero-order valence-corrected chi connectivity index (χ0v) is 9.90. The Kier molecular flexibility index (Phi) is 4.69. The Morgan fingerprint density at radius 3 is 2.47 bits per heavy atom. The maximum Gasteiger partial charge on any atom is 0.336 e. The molecule has 4 heteroatoms. The van der Waals surface area contributed by atoms with Crippen LogP contribution in [0.3, 0.4) is 0 Å². The van der Waals surface area contributed by atoms with Gasteiger partial charge in [0.15, 0.2) is 0 Å². The molecule has 0 unspecified atom stereocenters. The van der Waals surface area contributed by atoms with Crippen molar-refractivity contribution < 1.29 is 14.7 Å². The second kappa shape index (κ2) is 6.03. The molecule has 0 aliphatic rings. The number of carboxylic acids is 1. The first-order chi connectivity index (χ1) is 8.06. The third-order valence-corrected chi connectivity index (χ3v) is 2.65. The first-order valence-corrected chi connectivity index (χ1v) is 5.72. The summed E-state index contributed by atoms with van der Waals surface area (Å²) >= 11 is 0. The molecule has 0 bridgehead atoms. The highest BCUT2D eigenvalue weighted by Gasteiger charge is 2.14. The number of hydrogen-bond donors (Lipinski definition) is 2. The zero-order chi connectivity index (χ0) is 12.8. The Hall–Kier alpha value is -1.84. The second-order valence-corrected chi connectivity index (χ2v) is 4.01. The average Bonchev–Trinajstić information content (AvgIpc) is 2.29. The molecule has 0 aliphatic carbocycles. The second-order valence-electron chi connectivity index (χ2n) is 4.01. The molecule has 0 spiro atoms. The number of benzene rings is 1. The highest BCUT2D eigenvalue weighted by molar-refractivity contribution is 6.04. The van der Waals surface area contributed by atoms with E-state index >= 15 is 0 Å². The van der Waals surface area contributed by atoms with Crippen molar-refractivity contribution in [2.75, 3.05) is 0 Å². The van der Waals surface area contributed by atoms with Crippen molar-refractivity contribution in [3.05, 3.63) is 34.9 Å². The van der Waals surface area contributed by atoms with Gasteiger partial charge in [-0.05, 0) is 30.5 Å². The summed E-state index contributed by atoms with van der Waals surface area (Å²) in [7, 11) is 0. The van der Waals surface area contributed by atoms with E-state index in [1.807, 2.05) is 0 Å². The topological polar surface area (TPSA) is 80.4 Å². The van der Waals surface area contributed by atoms with Gasteiger partial charge >= 0.3 is 5.97 Å². The average molecular weight is 235 g/mol. The fourth-order valence-electron chi connectivity index (χ4n) is 1.72. The third kappa shape index (κ3) is 3.59. The fraction of sp³-hybridized carbons (Fsp3) is 0.385. The lowest BCUT2D eigenvalue weighted by molar-refractivity contribution is 0.0692. The summed E-state index contributed by atoms with van der Waals surface area (Å²) in [4.78, 5) is 22.1. The smallest absolute Gasteiger partial charge is 0.336 e. The summed E-state index contributed by atoms with van der Waals surface area (Å²) in [6.45, 7) is 2.11. The number of carbonyl (C=O) groups is 2. The van der Waals surface area contributed by atoms with Crippen molar-refractivity contribution in [1.82, 2.24) is 0 Å². The lowest BCUT2D eigenvalue weighted by atomic mass is 10.00. The van der Waals surface area contributed by atoms with Gasteiger partial charge in [0.1, 0.15) is 0 Å². The van der Waals surface area contributed by atoms with Crippen LogP contribution in [0.4, 0.5) is 0 Å². The first-order valence-electron chi connectivity index (χ1n) is 5.72. The molecule has 17 heavy (non-hydrogen) atoms. The van der Waals surface area contributed by atoms with Crippen LogP contribution in [-0.2, 0) is 6.42 Å². The number of unbranched alkanes of at least 4 members (excludes halogenated alkanes) is 2. The molecule has 0 fully saturated rings. The number of nitrogens with two attached hydrogens (primary N) is 1. The van der Waals surface area contributed by atoms with E-state index in [0.29, 0.717) is 0 Å². The Bertz CT molecular complexity index is 427. The van der Waals surface area contributed by atoms with E-state index in [9.17, 15) is 9.59 Å². The molecule has 0 saturated carbocycles. The molecule has 4 nitrogen and oxygen atoms in total. The van der Waals surface area contributed by atoms with Crippen LogP contribution in [-0.4, -0.2) is 17.0 Å². The highest BCUT2D eigenvalue weighted by Crippen LogP contribution is 2.14. The van der Waals surface area contributed by atoms with Crippen molar-refractivity contribution >= 4 is 11.9 Å². The molecule has 92 valence electrons. The minimum absolute atomic E-state index is 0.00787. The molecule has 0 atom stereocenters. The summed E-state index contributed by atoms with van der Waals surface area (Å²) in [6.07, 6.45) is 4.07. The summed E-state index contributed by atoms with van der Waals surface area (Å²) in [5, 5.41) is 9.00. The van der Waals surface area contributed by atoms with E-state index in [-0.39, 0.29) is 11.1 Å². The molecule has 0 aliphatic heterocycles. The van der Waals surface area contributed by atoms with E-state index in [1.54, 1.807) is 6.07 Å². The fourth-order valence-corrected chi connectivity index (χ4v) is 1.72. The van der Waals surface area contributed by atoms with Crippen LogP contribution in [0.15, 0.2) is 18.2 Å². The predicted molar refractivity (Wildman–Crippen MR) is 65.1 cm³/mol. The van der Waals surface area contributed by atoms with Gasteiger partial charge in [-0.15, -0.1) is 0 Å². The molecular weight excluding hydrogens is 218 g/mol. The van der Waals surface area contributed by atoms with E-state index in [4.69, 9.17) is 10.8 Å². The van der Waals surface area contributed by atoms with Crippen LogP contribution in [0.1, 0.15) is 52.5 Å². The maximum absolute atomic E-state index is 11.1. The lowest BCUT2D eigenvalue weighted by Gasteiger charge is -2.06. The minimum Gasteiger partial charge on any atom is -0.478 e. The first kappa shape index (κ1) is 13.2. The van der Waals surface area contributed by atoms with Gasteiger partial charge in [-0.1, -0.05) is 25.8 Å². The SMILES string of the molecule is CCCCCc1ccc(C(N)=O)c(C(=O)O)c1. The molecular formula is C13H17NO3. The number of aryl methyl sites for hydroxylation is 1. The molecule has 1 aromatic rings. The summed E-state index contributed by atoms with van der Waals surface area (Å²) in [5.41, 5.74) is 6.11. The maximum atomic E-state index is 11.1. The van der Waals surface area contributed by atoms with Gasteiger partial charge in [-0.25, -0.2) is 4.79 Å². The Morgan fingerprint density at radius 2 is 1.94 bits per heavy atom. The molecule has 1 aromatic carbocycles. The summed E-state index contributed by atoms with van der Waals surface area (Å²) in [6, 6.07) is 4.80. The van der Waals surface area contributed by atoms with E-state index in [0.717, 1.165) is 31.2 Å². The quantitative estimate of drug-likeness (QED) is 0.742. The number of aromatic carboxylic acids is 1. The Morgan fingerprint density at radius 1 is 1.24 bits per heavy atom. The lowest BCUT2D eigenvalue weighted by Crippen LogP contribution is -2.16. The molecule has 1 rings (SSSR count). The summed E-state index contributed by atoms with van der Waals surface area (Å²) in [5.74, 6) is -1.82. The van der Waals surface area contributed by atoms with Crippen molar-refractivity contribution in [2.24, 2.45) is 5.73 Å². The van der Waals surface area contributed by atoms with E-state index in [2.05, 4.69) is 6.92 Å². The van der Waals surface area contributed by atoms with Crippen molar-refractivity contribution in [1.29, 1.82) is 0 Å². The van der Waals surface area contributed by atoms with Crippen LogP contribution in [0.25, 0.3) is 0 Å². The number of rotatable bonds is 6. The number of amides is 1. The van der Waals surface area contributed by atoms with Crippen LogP contribution >= 0.6 is 0 Å². The molecule has 0 aromatic heterocycles. The van der Waals surface area contributed by atoms with E-state index in [1.165, 1.54) is 12.1 Å². The van der Waals surface area contributed by atoms with Gasteiger partial charge in [0, 0.05) is 0 Å². The van der Waals surface area contributed by atoms with Crippen LogP contribution in [0, 0.1) is 0 Å². The molecule has 3 N–H and O–H groups in total.